The summed E-state index contributed by atoms with van der Waals surface area (Å²) < 4.78 is 6.02. The third-order valence-electron chi connectivity index (χ3n) is 4.44. The normalized spacial score (nSPS) is 30.7. The number of aliphatic hydroxyl groups is 1. The van der Waals surface area contributed by atoms with Crippen molar-refractivity contribution in [3.8, 4) is 5.75 Å². The molecule has 1 aromatic rings. The largest absolute Gasteiger partial charge is 0.488 e. The average Bonchev–Trinajstić information content (AvgIpc) is 2.65. The van der Waals surface area contributed by atoms with Crippen LogP contribution in [0.15, 0.2) is 18.2 Å². The second-order valence-corrected chi connectivity index (χ2v) is 5.87. The molecule has 0 radical (unpaired) electrons. The minimum atomic E-state index is -0.321. The summed E-state index contributed by atoms with van der Waals surface area (Å²) in [6, 6.07) is 6.39. The van der Waals surface area contributed by atoms with Crippen molar-refractivity contribution in [2.75, 3.05) is 0 Å². The highest BCUT2D eigenvalue weighted by atomic mass is 16.5. The monoisotopic (exact) mass is 261 g/mol. The van der Waals surface area contributed by atoms with Crippen molar-refractivity contribution in [2.45, 2.75) is 63.2 Å². The van der Waals surface area contributed by atoms with Crippen LogP contribution >= 0.6 is 0 Å². The molecular weight excluding hydrogens is 238 g/mol. The van der Waals surface area contributed by atoms with E-state index in [1.807, 2.05) is 6.07 Å². The Balaban J connectivity index is 1.72. The van der Waals surface area contributed by atoms with E-state index in [0.29, 0.717) is 0 Å². The number of hydrogen-bond donors (Lipinski definition) is 2. The van der Waals surface area contributed by atoms with Crippen LogP contribution < -0.4 is 10.5 Å². The lowest BCUT2D eigenvalue weighted by atomic mass is 10.1. The first kappa shape index (κ1) is 12.9. The molecule has 19 heavy (non-hydrogen) atoms. The van der Waals surface area contributed by atoms with Gasteiger partial charge >= 0.3 is 0 Å². The first-order chi connectivity index (χ1) is 9.24. The Labute approximate surface area is 114 Å². The van der Waals surface area contributed by atoms with Crippen molar-refractivity contribution < 1.29 is 9.84 Å². The van der Waals surface area contributed by atoms with Crippen molar-refractivity contribution in [1.29, 1.82) is 0 Å². The molecule has 0 spiro atoms. The minimum absolute atomic E-state index is 0.0457. The fourth-order valence-electron chi connectivity index (χ4n) is 3.27. The van der Waals surface area contributed by atoms with Crippen LogP contribution in [0, 0.1) is 0 Å². The third-order valence-corrected chi connectivity index (χ3v) is 4.44. The van der Waals surface area contributed by atoms with Crippen molar-refractivity contribution in [1.82, 2.24) is 0 Å². The molecule has 3 nitrogen and oxygen atoms in total. The first-order valence-corrected chi connectivity index (χ1v) is 7.47. The molecule has 0 aliphatic heterocycles. The molecular formula is C16H23NO2. The molecule has 2 aliphatic rings. The van der Waals surface area contributed by atoms with E-state index >= 15 is 0 Å². The molecule has 104 valence electrons. The lowest BCUT2D eigenvalue weighted by Gasteiger charge is -2.22. The Morgan fingerprint density at radius 3 is 2.84 bits per heavy atom. The van der Waals surface area contributed by atoms with Gasteiger partial charge in [-0.1, -0.05) is 18.9 Å². The van der Waals surface area contributed by atoms with E-state index in [0.717, 1.165) is 44.3 Å². The van der Waals surface area contributed by atoms with Gasteiger partial charge in [0.2, 0.25) is 0 Å². The zero-order chi connectivity index (χ0) is 13.2. The van der Waals surface area contributed by atoms with Crippen LogP contribution in [0.1, 0.15) is 55.7 Å². The van der Waals surface area contributed by atoms with Crippen molar-refractivity contribution >= 4 is 0 Å². The maximum absolute atomic E-state index is 10.1. The van der Waals surface area contributed by atoms with Crippen molar-refractivity contribution in [2.24, 2.45) is 5.73 Å². The van der Waals surface area contributed by atoms with Gasteiger partial charge in [0.25, 0.3) is 0 Å². The number of nitrogens with two attached hydrogens (primary N) is 1. The third kappa shape index (κ3) is 2.77. The number of benzene rings is 1. The molecule has 3 atom stereocenters. The lowest BCUT2D eigenvalue weighted by Crippen LogP contribution is -2.30. The zero-order valence-corrected chi connectivity index (χ0v) is 11.3. The second-order valence-electron chi connectivity index (χ2n) is 5.87. The van der Waals surface area contributed by atoms with Crippen molar-refractivity contribution in [3.63, 3.8) is 0 Å². The van der Waals surface area contributed by atoms with Gasteiger partial charge in [-0.05, 0) is 55.4 Å². The Morgan fingerprint density at radius 1 is 1.11 bits per heavy atom. The quantitative estimate of drug-likeness (QED) is 0.805. The van der Waals surface area contributed by atoms with Gasteiger partial charge in [0.1, 0.15) is 11.9 Å². The zero-order valence-electron chi connectivity index (χ0n) is 11.3. The van der Waals surface area contributed by atoms with Crippen LogP contribution in [0.3, 0.4) is 0 Å². The van der Waals surface area contributed by atoms with Gasteiger partial charge < -0.3 is 15.6 Å². The molecule has 3 heteroatoms. The summed E-state index contributed by atoms with van der Waals surface area (Å²) in [5.41, 5.74) is 8.61. The highest BCUT2D eigenvalue weighted by Gasteiger charge is 2.24. The molecule has 3 rings (SSSR count). The highest BCUT2D eigenvalue weighted by Crippen LogP contribution is 2.33. The molecule has 2 aliphatic carbocycles. The molecule has 1 saturated carbocycles. The molecule has 1 fully saturated rings. The number of fused-ring (bicyclic) bond motifs is 1. The summed E-state index contributed by atoms with van der Waals surface area (Å²) in [6.45, 7) is 0. The number of hydrogen-bond acceptors (Lipinski definition) is 3. The van der Waals surface area contributed by atoms with E-state index in [-0.39, 0.29) is 18.2 Å². The number of aliphatic hydroxyl groups excluding tert-OH is 1. The van der Waals surface area contributed by atoms with Gasteiger partial charge in [-0.2, -0.15) is 0 Å². The van der Waals surface area contributed by atoms with E-state index in [1.165, 1.54) is 17.5 Å². The Hall–Kier alpha value is -1.06. The predicted octanol–water partition coefficient (Wildman–Crippen LogP) is 2.71. The summed E-state index contributed by atoms with van der Waals surface area (Å²) in [4.78, 5) is 0. The van der Waals surface area contributed by atoms with E-state index in [2.05, 4.69) is 12.1 Å². The van der Waals surface area contributed by atoms with Gasteiger partial charge in [-0.3, -0.25) is 0 Å². The fraction of sp³-hybridized carbons (Fsp3) is 0.625. The van der Waals surface area contributed by atoms with E-state index in [9.17, 15) is 5.11 Å². The summed E-state index contributed by atoms with van der Waals surface area (Å²) in [5.74, 6) is 0.888. The summed E-state index contributed by atoms with van der Waals surface area (Å²) in [5, 5.41) is 10.1. The summed E-state index contributed by atoms with van der Waals surface area (Å²) in [7, 11) is 0. The molecule has 1 aromatic carbocycles. The average molecular weight is 261 g/mol. The number of rotatable bonds is 2. The first-order valence-electron chi connectivity index (χ1n) is 7.47. The molecule has 0 bridgehead atoms. The summed E-state index contributed by atoms with van der Waals surface area (Å²) >= 11 is 0. The molecule has 0 heterocycles. The van der Waals surface area contributed by atoms with Crippen LogP contribution in [0.4, 0.5) is 0 Å². The van der Waals surface area contributed by atoms with Crippen LogP contribution in [-0.4, -0.2) is 17.3 Å². The van der Waals surface area contributed by atoms with Gasteiger partial charge in [0.05, 0.1) is 6.10 Å². The molecule has 3 N–H and O–H groups in total. The van der Waals surface area contributed by atoms with Gasteiger partial charge in [0, 0.05) is 6.04 Å². The fourth-order valence-corrected chi connectivity index (χ4v) is 3.27. The standard InChI is InChI=1S/C16H23NO2/c17-14-9-6-11-10-12(7-8-13(11)14)19-16-5-3-1-2-4-15(16)18/h7-8,10,14-16,18H,1-6,9,17H2. The minimum Gasteiger partial charge on any atom is -0.488 e. The lowest BCUT2D eigenvalue weighted by molar-refractivity contribution is 0.0319. The number of aryl methyl sites for hydroxylation is 1. The van der Waals surface area contributed by atoms with Crippen LogP contribution in [0.25, 0.3) is 0 Å². The van der Waals surface area contributed by atoms with E-state index in [1.54, 1.807) is 0 Å². The maximum atomic E-state index is 10.1. The van der Waals surface area contributed by atoms with Gasteiger partial charge in [-0.25, -0.2) is 0 Å². The SMILES string of the molecule is NC1CCc2cc(OC3CCCCCC3O)ccc21. The topological polar surface area (TPSA) is 55.5 Å². The van der Waals surface area contributed by atoms with E-state index in [4.69, 9.17) is 10.5 Å². The smallest absolute Gasteiger partial charge is 0.124 e. The van der Waals surface area contributed by atoms with Gasteiger partial charge in [-0.15, -0.1) is 0 Å². The highest BCUT2D eigenvalue weighted by molar-refractivity contribution is 5.40. The van der Waals surface area contributed by atoms with Crippen LogP contribution in [0.2, 0.25) is 0 Å². The molecule has 0 saturated heterocycles. The Morgan fingerprint density at radius 2 is 1.95 bits per heavy atom. The maximum Gasteiger partial charge on any atom is 0.124 e. The van der Waals surface area contributed by atoms with Gasteiger partial charge in [0.15, 0.2) is 0 Å². The Kier molecular flexibility index (Phi) is 3.76. The molecule has 0 aromatic heterocycles. The second kappa shape index (κ2) is 5.51. The van der Waals surface area contributed by atoms with Crippen molar-refractivity contribution in [3.05, 3.63) is 29.3 Å². The summed E-state index contributed by atoms with van der Waals surface area (Å²) in [6.07, 6.45) is 6.99. The van der Waals surface area contributed by atoms with Crippen LogP contribution in [0.5, 0.6) is 5.75 Å². The number of ether oxygens (including phenoxy) is 1. The van der Waals surface area contributed by atoms with Crippen LogP contribution in [-0.2, 0) is 6.42 Å². The predicted molar refractivity (Wildman–Crippen MR) is 75.2 cm³/mol. The molecule has 3 unspecified atom stereocenters. The van der Waals surface area contributed by atoms with E-state index < -0.39 is 0 Å². The molecule has 0 amide bonds. The Bertz CT molecular complexity index is 446.